The average molecular weight is 267 g/mol. The fourth-order valence-electron chi connectivity index (χ4n) is 1.76. The molecule has 0 spiro atoms. The Bertz CT molecular complexity index is 695. The SMILES string of the molecule is Nc1cccc(OCc2nnc(-c3ccccc3)o2)c1. The summed E-state index contributed by atoms with van der Waals surface area (Å²) in [5.74, 6) is 1.58. The Morgan fingerprint density at radius 2 is 1.85 bits per heavy atom. The van der Waals surface area contributed by atoms with Crippen molar-refractivity contribution in [3.05, 3.63) is 60.5 Å². The third kappa shape index (κ3) is 2.77. The van der Waals surface area contributed by atoms with Crippen molar-refractivity contribution in [2.24, 2.45) is 0 Å². The number of nitrogens with two attached hydrogens (primary N) is 1. The summed E-state index contributed by atoms with van der Waals surface area (Å²) < 4.78 is 11.1. The standard InChI is InChI=1S/C15H13N3O2/c16-12-7-4-8-13(9-12)19-10-14-17-18-15(20-14)11-5-2-1-3-6-11/h1-9H,10,16H2. The van der Waals surface area contributed by atoms with Gasteiger partial charge >= 0.3 is 0 Å². The number of rotatable bonds is 4. The molecule has 20 heavy (non-hydrogen) atoms. The third-order valence-corrected chi connectivity index (χ3v) is 2.71. The molecule has 3 rings (SSSR count). The van der Waals surface area contributed by atoms with E-state index in [1.807, 2.05) is 42.5 Å². The van der Waals surface area contributed by atoms with E-state index in [0.717, 1.165) is 5.56 Å². The van der Waals surface area contributed by atoms with Gasteiger partial charge in [-0.15, -0.1) is 10.2 Å². The van der Waals surface area contributed by atoms with Crippen molar-refractivity contribution < 1.29 is 9.15 Å². The third-order valence-electron chi connectivity index (χ3n) is 2.71. The molecule has 0 aliphatic heterocycles. The zero-order valence-corrected chi connectivity index (χ0v) is 10.7. The zero-order valence-electron chi connectivity index (χ0n) is 10.7. The van der Waals surface area contributed by atoms with Crippen LogP contribution in [-0.4, -0.2) is 10.2 Å². The number of anilines is 1. The van der Waals surface area contributed by atoms with E-state index in [-0.39, 0.29) is 6.61 Å². The monoisotopic (exact) mass is 267 g/mol. The lowest BCUT2D eigenvalue weighted by atomic mass is 10.2. The van der Waals surface area contributed by atoms with E-state index < -0.39 is 0 Å². The molecule has 0 saturated carbocycles. The lowest BCUT2D eigenvalue weighted by Crippen LogP contribution is -1.96. The fraction of sp³-hybridized carbons (Fsp3) is 0.0667. The molecular weight excluding hydrogens is 254 g/mol. The van der Waals surface area contributed by atoms with Crippen LogP contribution in [0.4, 0.5) is 5.69 Å². The van der Waals surface area contributed by atoms with Gasteiger partial charge in [0.05, 0.1) is 0 Å². The lowest BCUT2D eigenvalue weighted by molar-refractivity contribution is 0.264. The lowest BCUT2D eigenvalue weighted by Gasteiger charge is -2.03. The smallest absolute Gasteiger partial charge is 0.254 e. The number of benzene rings is 2. The van der Waals surface area contributed by atoms with E-state index >= 15 is 0 Å². The van der Waals surface area contributed by atoms with Gasteiger partial charge in [-0.25, -0.2) is 0 Å². The van der Waals surface area contributed by atoms with Crippen LogP contribution < -0.4 is 10.5 Å². The van der Waals surface area contributed by atoms with Crippen LogP contribution in [0.1, 0.15) is 5.89 Å². The molecule has 0 radical (unpaired) electrons. The van der Waals surface area contributed by atoms with E-state index in [1.165, 1.54) is 0 Å². The first-order chi connectivity index (χ1) is 9.81. The summed E-state index contributed by atoms with van der Waals surface area (Å²) in [5.41, 5.74) is 7.21. The van der Waals surface area contributed by atoms with E-state index in [9.17, 15) is 0 Å². The summed E-state index contributed by atoms with van der Waals surface area (Å²) in [7, 11) is 0. The van der Waals surface area contributed by atoms with Crippen LogP contribution in [0.25, 0.3) is 11.5 Å². The number of nitrogens with zero attached hydrogens (tertiary/aromatic N) is 2. The number of ether oxygens (including phenoxy) is 1. The molecule has 3 aromatic rings. The molecule has 1 heterocycles. The van der Waals surface area contributed by atoms with Gasteiger partial charge in [-0.05, 0) is 24.3 Å². The number of nitrogen functional groups attached to an aromatic ring is 1. The van der Waals surface area contributed by atoms with Crippen molar-refractivity contribution in [3.8, 4) is 17.2 Å². The van der Waals surface area contributed by atoms with Gasteiger partial charge < -0.3 is 14.9 Å². The molecule has 5 nitrogen and oxygen atoms in total. The first-order valence-electron chi connectivity index (χ1n) is 6.17. The molecule has 100 valence electrons. The minimum atomic E-state index is 0.212. The predicted molar refractivity (Wildman–Crippen MR) is 74.9 cm³/mol. The molecule has 0 aliphatic carbocycles. The molecule has 2 N–H and O–H groups in total. The molecule has 0 unspecified atom stereocenters. The van der Waals surface area contributed by atoms with Crippen LogP contribution in [-0.2, 0) is 6.61 Å². The summed E-state index contributed by atoms with van der Waals surface area (Å²) in [6, 6.07) is 16.8. The second kappa shape index (κ2) is 5.44. The first-order valence-corrected chi connectivity index (χ1v) is 6.17. The van der Waals surface area contributed by atoms with E-state index in [1.54, 1.807) is 12.1 Å². The maximum Gasteiger partial charge on any atom is 0.254 e. The molecule has 0 fully saturated rings. The van der Waals surface area contributed by atoms with Gasteiger partial charge in [-0.1, -0.05) is 24.3 Å². The van der Waals surface area contributed by atoms with Crippen molar-refractivity contribution in [2.75, 3.05) is 5.73 Å². The quantitative estimate of drug-likeness (QED) is 0.736. The zero-order chi connectivity index (χ0) is 13.8. The largest absolute Gasteiger partial charge is 0.484 e. The average Bonchev–Trinajstić information content (AvgIpc) is 2.95. The molecule has 0 saturated heterocycles. The van der Waals surface area contributed by atoms with Gasteiger partial charge in [0.1, 0.15) is 5.75 Å². The summed E-state index contributed by atoms with van der Waals surface area (Å²) in [4.78, 5) is 0. The highest BCUT2D eigenvalue weighted by Gasteiger charge is 2.08. The number of hydrogen-bond acceptors (Lipinski definition) is 5. The number of aromatic nitrogens is 2. The summed E-state index contributed by atoms with van der Waals surface area (Å²) in [6.45, 7) is 0.212. The minimum Gasteiger partial charge on any atom is -0.484 e. The normalized spacial score (nSPS) is 10.4. The Labute approximate surface area is 116 Å². The van der Waals surface area contributed by atoms with Gasteiger partial charge in [-0.3, -0.25) is 0 Å². The highest BCUT2D eigenvalue weighted by molar-refractivity contribution is 5.51. The molecule has 1 aromatic heterocycles. The van der Waals surface area contributed by atoms with Crippen molar-refractivity contribution in [1.29, 1.82) is 0 Å². The Morgan fingerprint density at radius 1 is 1.00 bits per heavy atom. The Hall–Kier alpha value is -2.82. The summed E-state index contributed by atoms with van der Waals surface area (Å²) >= 11 is 0. The van der Waals surface area contributed by atoms with Gasteiger partial charge in [0.25, 0.3) is 5.89 Å². The predicted octanol–water partition coefficient (Wildman–Crippen LogP) is 2.90. The van der Waals surface area contributed by atoms with Crippen LogP contribution >= 0.6 is 0 Å². The number of hydrogen-bond donors (Lipinski definition) is 1. The molecule has 0 bridgehead atoms. The Morgan fingerprint density at radius 3 is 2.65 bits per heavy atom. The van der Waals surface area contributed by atoms with Gasteiger partial charge in [-0.2, -0.15) is 0 Å². The van der Waals surface area contributed by atoms with Crippen molar-refractivity contribution >= 4 is 5.69 Å². The first kappa shape index (κ1) is 12.2. The topological polar surface area (TPSA) is 74.2 Å². The second-order valence-corrected chi connectivity index (χ2v) is 4.23. The fourth-order valence-corrected chi connectivity index (χ4v) is 1.76. The Kier molecular flexibility index (Phi) is 3.33. The van der Waals surface area contributed by atoms with Gasteiger partial charge in [0.2, 0.25) is 5.89 Å². The van der Waals surface area contributed by atoms with Crippen LogP contribution in [0.5, 0.6) is 5.75 Å². The van der Waals surface area contributed by atoms with E-state index in [2.05, 4.69) is 10.2 Å². The van der Waals surface area contributed by atoms with Crippen LogP contribution in [0, 0.1) is 0 Å². The molecular formula is C15H13N3O2. The van der Waals surface area contributed by atoms with E-state index in [0.29, 0.717) is 23.2 Å². The minimum absolute atomic E-state index is 0.212. The van der Waals surface area contributed by atoms with Gasteiger partial charge in [0.15, 0.2) is 6.61 Å². The highest BCUT2D eigenvalue weighted by Crippen LogP contribution is 2.19. The van der Waals surface area contributed by atoms with E-state index in [4.69, 9.17) is 14.9 Å². The summed E-state index contributed by atoms with van der Waals surface area (Å²) in [6.07, 6.45) is 0. The molecule has 0 atom stereocenters. The molecule has 5 heteroatoms. The maximum atomic E-state index is 5.68. The summed E-state index contributed by atoms with van der Waals surface area (Å²) in [5, 5.41) is 7.95. The molecule has 0 aliphatic rings. The van der Waals surface area contributed by atoms with Crippen molar-refractivity contribution in [2.45, 2.75) is 6.61 Å². The Balaban J connectivity index is 1.69. The van der Waals surface area contributed by atoms with Crippen LogP contribution in [0.15, 0.2) is 59.0 Å². The maximum absolute atomic E-state index is 5.68. The molecule has 0 amide bonds. The van der Waals surface area contributed by atoms with Crippen LogP contribution in [0.3, 0.4) is 0 Å². The highest BCUT2D eigenvalue weighted by atomic mass is 16.5. The second-order valence-electron chi connectivity index (χ2n) is 4.23. The van der Waals surface area contributed by atoms with Crippen molar-refractivity contribution in [1.82, 2.24) is 10.2 Å². The molecule has 2 aromatic carbocycles. The van der Waals surface area contributed by atoms with Crippen molar-refractivity contribution in [3.63, 3.8) is 0 Å². The van der Waals surface area contributed by atoms with Crippen LogP contribution in [0.2, 0.25) is 0 Å². The van der Waals surface area contributed by atoms with Gasteiger partial charge in [0, 0.05) is 17.3 Å².